The number of nitrogen functional groups attached to an aromatic ring is 1. The lowest BCUT2D eigenvalue weighted by atomic mass is 10.4. The minimum absolute atomic E-state index is 0.0559. The lowest BCUT2D eigenvalue weighted by Gasteiger charge is -2.07. The van der Waals surface area contributed by atoms with Crippen LogP contribution in [-0.2, 0) is 6.54 Å². The first kappa shape index (κ1) is 12.1. The third-order valence-corrected chi connectivity index (χ3v) is 2.14. The fourth-order valence-electron chi connectivity index (χ4n) is 1.25. The Morgan fingerprint density at radius 1 is 1.22 bits per heavy atom. The van der Waals surface area contributed by atoms with Crippen LogP contribution in [0.2, 0.25) is 0 Å². The second-order valence-electron chi connectivity index (χ2n) is 3.54. The van der Waals surface area contributed by atoms with E-state index in [1.807, 2.05) is 6.92 Å². The lowest BCUT2D eigenvalue weighted by Crippen LogP contribution is -2.13. The van der Waals surface area contributed by atoms with Gasteiger partial charge in [-0.1, -0.05) is 0 Å². The van der Waals surface area contributed by atoms with Gasteiger partial charge in [0.05, 0.1) is 30.3 Å². The molecule has 7 nitrogen and oxygen atoms in total. The first-order chi connectivity index (χ1) is 8.69. The van der Waals surface area contributed by atoms with Gasteiger partial charge in [-0.15, -0.1) is 0 Å². The second kappa shape index (κ2) is 5.32. The van der Waals surface area contributed by atoms with E-state index in [1.54, 1.807) is 12.4 Å². The fraction of sp³-hybridized carbons (Fsp3) is 0.200. The van der Waals surface area contributed by atoms with E-state index in [2.05, 4.69) is 30.7 Å². The van der Waals surface area contributed by atoms with Gasteiger partial charge in [-0.05, 0) is 6.92 Å². The molecule has 0 radical (unpaired) electrons. The molecule has 94 valence electrons. The van der Waals surface area contributed by atoms with Crippen LogP contribution in [0.5, 0.6) is 0 Å². The highest BCUT2D eigenvalue weighted by molar-refractivity contribution is 5.40. The minimum atomic E-state index is -0.561. The van der Waals surface area contributed by atoms with Crippen molar-refractivity contribution < 1.29 is 4.39 Å². The minimum Gasteiger partial charge on any atom is -0.362 e. The van der Waals surface area contributed by atoms with Gasteiger partial charge in [-0.25, -0.2) is 15.2 Å². The van der Waals surface area contributed by atoms with Gasteiger partial charge in [0.25, 0.3) is 0 Å². The van der Waals surface area contributed by atoms with Gasteiger partial charge in [0.1, 0.15) is 0 Å². The molecule has 2 rings (SSSR count). The summed E-state index contributed by atoms with van der Waals surface area (Å²) in [4.78, 5) is 15.7. The first-order valence-electron chi connectivity index (χ1n) is 5.19. The molecular formula is C10H12FN7. The van der Waals surface area contributed by atoms with Crippen molar-refractivity contribution in [2.24, 2.45) is 5.84 Å². The topological polar surface area (TPSA) is 102 Å². The molecule has 2 aromatic heterocycles. The van der Waals surface area contributed by atoms with E-state index in [0.717, 1.165) is 11.9 Å². The summed E-state index contributed by atoms with van der Waals surface area (Å²) in [6.45, 7) is 2.15. The first-order valence-corrected chi connectivity index (χ1v) is 5.19. The van der Waals surface area contributed by atoms with Crippen LogP contribution >= 0.6 is 0 Å². The molecule has 18 heavy (non-hydrogen) atoms. The van der Waals surface area contributed by atoms with Crippen molar-refractivity contribution in [3.05, 3.63) is 35.8 Å². The van der Waals surface area contributed by atoms with E-state index < -0.39 is 5.82 Å². The molecule has 0 bridgehead atoms. The molecule has 0 fully saturated rings. The average molecular weight is 249 g/mol. The number of aromatic nitrogens is 4. The van der Waals surface area contributed by atoms with Crippen molar-refractivity contribution in [1.82, 2.24) is 19.9 Å². The molecule has 0 aromatic carbocycles. The Hall–Kier alpha value is -2.35. The lowest BCUT2D eigenvalue weighted by molar-refractivity contribution is 0.617. The van der Waals surface area contributed by atoms with Crippen molar-refractivity contribution in [2.45, 2.75) is 13.5 Å². The molecule has 0 aliphatic heterocycles. The van der Waals surface area contributed by atoms with Crippen molar-refractivity contribution in [2.75, 3.05) is 10.7 Å². The van der Waals surface area contributed by atoms with Crippen LogP contribution in [-0.4, -0.2) is 19.9 Å². The molecule has 2 heterocycles. The zero-order valence-corrected chi connectivity index (χ0v) is 9.68. The SMILES string of the molecule is Cc1cnc(CNc2nc(NN)ncc2F)cn1. The molecule has 0 aliphatic rings. The summed E-state index contributed by atoms with van der Waals surface area (Å²) in [6, 6.07) is 0. The normalized spacial score (nSPS) is 10.2. The quantitative estimate of drug-likeness (QED) is 0.539. The molecule has 8 heteroatoms. The Morgan fingerprint density at radius 2 is 2.06 bits per heavy atom. The largest absolute Gasteiger partial charge is 0.362 e. The second-order valence-corrected chi connectivity index (χ2v) is 3.54. The number of hydrogen-bond acceptors (Lipinski definition) is 7. The van der Waals surface area contributed by atoms with Gasteiger partial charge in [-0.2, -0.15) is 4.98 Å². The van der Waals surface area contributed by atoms with Crippen molar-refractivity contribution in [3.8, 4) is 0 Å². The van der Waals surface area contributed by atoms with Gasteiger partial charge in [0, 0.05) is 6.20 Å². The third-order valence-electron chi connectivity index (χ3n) is 2.14. The molecule has 0 saturated carbocycles. The van der Waals surface area contributed by atoms with Crippen molar-refractivity contribution in [1.29, 1.82) is 0 Å². The Labute approximate surface area is 103 Å². The van der Waals surface area contributed by atoms with E-state index >= 15 is 0 Å². The van der Waals surface area contributed by atoms with Crippen LogP contribution in [0.15, 0.2) is 18.6 Å². The zero-order valence-electron chi connectivity index (χ0n) is 9.68. The molecular weight excluding hydrogens is 237 g/mol. The summed E-state index contributed by atoms with van der Waals surface area (Å²) in [6.07, 6.45) is 4.29. The van der Waals surface area contributed by atoms with Crippen LogP contribution in [0.4, 0.5) is 16.2 Å². The molecule has 0 atom stereocenters. The van der Waals surface area contributed by atoms with Crippen LogP contribution in [0.25, 0.3) is 0 Å². The number of rotatable bonds is 4. The molecule has 0 unspecified atom stereocenters. The molecule has 0 spiro atoms. The van der Waals surface area contributed by atoms with E-state index in [0.29, 0.717) is 12.2 Å². The summed E-state index contributed by atoms with van der Waals surface area (Å²) in [5.41, 5.74) is 3.75. The number of aryl methyl sites for hydroxylation is 1. The van der Waals surface area contributed by atoms with Crippen LogP contribution in [0, 0.1) is 12.7 Å². The number of halogens is 1. The highest BCUT2D eigenvalue weighted by Gasteiger charge is 2.06. The number of hydrazine groups is 1. The summed E-state index contributed by atoms with van der Waals surface area (Å²) < 4.78 is 13.4. The van der Waals surface area contributed by atoms with Crippen LogP contribution in [0.3, 0.4) is 0 Å². The Bertz CT molecular complexity index is 528. The number of nitrogens with one attached hydrogen (secondary N) is 2. The molecule has 0 saturated heterocycles. The van der Waals surface area contributed by atoms with Gasteiger partial charge in [-0.3, -0.25) is 15.4 Å². The maximum absolute atomic E-state index is 13.4. The molecule has 0 amide bonds. The van der Waals surface area contributed by atoms with Gasteiger partial charge < -0.3 is 5.32 Å². The maximum atomic E-state index is 13.4. The number of nitrogens with two attached hydrogens (primary N) is 1. The van der Waals surface area contributed by atoms with Gasteiger partial charge >= 0.3 is 0 Å². The Morgan fingerprint density at radius 3 is 2.72 bits per heavy atom. The third kappa shape index (κ3) is 2.86. The van der Waals surface area contributed by atoms with Gasteiger partial charge in [0.2, 0.25) is 5.95 Å². The number of anilines is 2. The molecule has 2 aromatic rings. The van der Waals surface area contributed by atoms with Crippen LogP contribution in [0.1, 0.15) is 11.4 Å². The fourth-order valence-corrected chi connectivity index (χ4v) is 1.25. The highest BCUT2D eigenvalue weighted by atomic mass is 19.1. The summed E-state index contributed by atoms with van der Waals surface area (Å²) in [7, 11) is 0. The summed E-state index contributed by atoms with van der Waals surface area (Å²) >= 11 is 0. The van der Waals surface area contributed by atoms with Crippen molar-refractivity contribution >= 4 is 11.8 Å². The molecule has 4 N–H and O–H groups in total. The van der Waals surface area contributed by atoms with E-state index in [9.17, 15) is 4.39 Å². The van der Waals surface area contributed by atoms with Gasteiger partial charge in [0.15, 0.2) is 11.6 Å². The highest BCUT2D eigenvalue weighted by Crippen LogP contribution is 2.12. The average Bonchev–Trinajstić information content (AvgIpc) is 2.40. The summed E-state index contributed by atoms with van der Waals surface area (Å²) in [5, 5.41) is 2.80. The van der Waals surface area contributed by atoms with E-state index in [4.69, 9.17) is 5.84 Å². The van der Waals surface area contributed by atoms with Crippen LogP contribution < -0.4 is 16.6 Å². The van der Waals surface area contributed by atoms with E-state index in [1.165, 1.54) is 0 Å². The number of hydrogen-bond donors (Lipinski definition) is 3. The monoisotopic (exact) mass is 249 g/mol. The van der Waals surface area contributed by atoms with Crippen molar-refractivity contribution in [3.63, 3.8) is 0 Å². The predicted molar refractivity (Wildman–Crippen MR) is 63.9 cm³/mol. The smallest absolute Gasteiger partial charge is 0.239 e. The molecule has 0 aliphatic carbocycles. The standard InChI is InChI=1S/C10H12FN7/c1-6-2-14-7(3-13-6)4-15-9-8(11)5-16-10(17-9)18-12/h2-3,5H,4,12H2,1H3,(H2,15,16,17,18). The predicted octanol–water partition coefficient (Wildman–Crippen LogP) is 0.612. The van der Waals surface area contributed by atoms with E-state index in [-0.39, 0.29) is 11.8 Å². The number of nitrogens with zero attached hydrogens (tertiary/aromatic N) is 4. The Balaban J connectivity index is 2.07. The summed E-state index contributed by atoms with van der Waals surface area (Å²) in [5.74, 6) is 4.77. The maximum Gasteiger partial charge on any atom is 0.239 e. The Kier molecular flexibility index (Phi) is 3.58. The zero-order chi connectivity index (χ0) is 13.0.